The molecule has 4 nitrogen and oxygen atoms in total. The van der Waals surface area contributed by atoms with Gasteiger partial charge in [0.2, 0.25) is 5.91 Å². The highest BCUT2D eigenvalue weighted by Gasteiger charge is 2.28. The molecule has 144 valence electrons. The molecule has 1 aromatic carbocycles. The summed E-state index contributed by atoms with van der Waals surface area (Å²) in [6.45, 7) is 3.86. The van der Waals surface area contributed by atoms with Crippen molar-refractivity contribution in [3.8, 4) is 0 Å². The van der Waals surface area contributed by atoms with Crippen LogP contribution in [0.1, 0.15) is 44.1 Å². The number of carbonyl (C=O) groups is 1. The molecular weight excluding hydrogens is 331 g/mol. The van der Waals surface area contributed by atoms with E-state index >= 15 is 0 Å². The Morgan fingerprint density at radius 1 is 1.15 bits per heavy atom. The van der Waals surface area contributed by atoms with Crippen LogP contribution in [0.2, 0.25) is 0 Å². The lowest BCUT2D eigenvalue weighted by atomic mass is 10.0. The number of carbonyl (C=O) groups excluding carboxylic acids is 1. The van der Waals surface area contributed by atoms with Gasteiger partial charge in [-0.2, -0.15) is 0 Å². The third-order valence-corrected chi connectivity index (χ3v) is 5.78. The molecule has 0 aromatic heterocycles. The van der Waals surface area contributed by atoms with Crippen LogP contribution in [0, 0.1) is 5.82 Å². The van der Waals surface area contributed by atoms with E-state index in [1.54, 1.807) is 13.2 Å². The van der Waals surface area contributed by atoms with Crippen LogP contribution in [0.3, 0.4) is 0 Å². The first-order chi connectivity index (χ1) is 12.7. The number of hydrogen-bond acceptors (Lipinski definition) is 3. The number of methoxy groups -OCH3 is 1. The molecule has 2 saturated heterocycles. The first-order valence-corrected chi connectivity index (χ1v) is 9.95. The van der Waals surface area contributed by atoms with Gasteiger partial charge in [-0.15, -0.1) is 0 Å². The fourth-order valence-corrected chi connectivity index (χ4v) is 4.24. The van der Waals surface area contributed by atoms with Crippen LogP contribution in [0.5, 0.6) is 0 Å². The molecule has 5 heteroatoms. The minimum absolute atomic E-state index is 0.134. The number of nitrogens with zero attached hydrogens (tertiary/aromatic N) is 2. The molecular formula is C21H31FN2O2. The maximum atomic E-state index is 13.4. The van der Waals surface area contributed by atoms with Crippen LogP contribution in [0.15, 0.2) is 24.3 Å². The molecule has 0 bridgehead atoms. The summed E-state index contributed by atoms with van der Waals surface area (Å²) >= 11 is 0. The SMILES string of the molecule is COC1CCN(CC2CCCCCN2C(=O)Cc2cccc(F)c2)CC1. The number of hydrogen-bond donors (Lipinski definition) is 0. The van der Waals surface area contributed by atoms with Gasteiger partial charge in [0.15, 0.2) is 0 Å². The zero-order valence-corrected chi connectivity index (χ0v) is 15.8. The van der Waals surface area contributed by atoms with Gasteiger partial charge in [0.25, 0.3) is 0 Å². The van der Waals surface area contributed by atoms with E-state index in [1.165, 1.54) is 25.0 Å². The lowest BCUT2D eigenvalue weighted by Crippen LogP contribution is -2.49. The maximum absolute atomic E-state index is 13.4. The Balaban J connectivity index is 1.61. The first-order valence-electron chi connectivity index (χ1n) is 9.95. The third kappa shape index (κ3) is 5.27. The van der Waals surface area contributed by atoms with E-state index in [9.17, 15) is 9.18 Å². The Morgan fingerprint density at radius 3 is 2.69 bits per heavy atom. The number of ether oxygens (including phenoxy) is 1. The highest BCUT2D eigenvalue weighted by atomic mass is 19.1. The zero-order chi connectivity index (χ0) is 18.4. The fraction of sp³-hybridized carbons (Fsp3) is 0.667. The molecule has 3 rings (SSSR count). The number of halogens is 1. The van der Waals surface area contributed by atoms with E-state index in [4.69, 9.17) is 4.74 Å². The summed E-state index contributed by atoms with van der Waals surface area (Å²) < 4.78 is 18.9. The predicted octanol–water partition coefficient (Wildman–Crippen LogP) is 3.25. The van der Waals surface area contributed by atoms with Crippen molar-refractivity contribution in [2.45, 2.75) is 57.1 Å². The Morgan fingerprint density at radius 2 is 1.96 bits per heavy atom. The van der Waals surface area contributed by atoms with Gasteiger partial charge in [-0.05, 0) is 43.4 Å². The topological polar surface area (TPSA) is 32.8 Å². The van der Waals surface area contributed by atoms with Crippen LogP contribution >= 0.6 is 0 Å². The van der Waals surface area contributed by atoms with E-state index in [0.717, 1.165) is 57.4 Å². The van der Waals surface area contributed by atoms with Crippen molar-refractivity contribution in [2.24, 2.45) is 0 Å². The summed E-state index contributed by atoms with van der Waals surface area (Å²) in [6.07, 6.45) is 7.32. The molecule has 0 saturated carbocycles. The zero-order valence-electron chi connectivity index (χ0n) is 15.8. The minimum atomic E-state index is -0.274. The van der Waals surface area contributed by atoms with Crippen molar-refractivity contribution >= 4 is 5.91 Å². The number of likely N-dealkylation sites (tertiary alicyclic amines) is 2. The van der Waals surface area contributed by atoms with Gasteiger partial charge in [-0.25, -0.2) is 4.39 Å². The molecule has 1 unspecified atom stereocenters. The third-order valence-electron chi connectivity index (χ3n) is 5.78. The van der Waals surface area contributed by atoms with Crippen LogP contribution in [0.4, 0.5) is 4.39 Å². The van der Waals surface area contributed by atoms with Gasteiger partial charge >= 0.3 is 0 Å². The minimum Gasteiger partial charge on any atom is -0.381 e. The van der Waals surface area contributed by atoms with Gasteiger partial charge in [0.05, 0.1) is 12.5 Å². The number of rotatable bonds is 5. The van der Waals surface area contributed by atoms with Crippen molar-refractivity contribution < 1.29 is 13.9 Å². The van der Waals surface area contributed by atoms with Crippen molar-refractivity contribution in [3.63, 3.8) is 0 Å². The number of benzene rings is 1. The van der Waals surface area contributed by atoms with Crippen LogP contribution < -0.4 is 0 Å². The van der Waals surface area contributed by atoms with Crippen LogP contribution in [0.25, 0.3) is 0 Å². The highest BCUT2D eigenvalue weighted by molar-refractivity contribution is 5.79. The fourth-order valence-electron chi connectivity index (χ4n) is 4.24. The lowest BCUT2D eigenvalue weighted by Gasteiger charge is -2.37. The van der Waals surface area contributed by atoms with Crippen molar-refractivity contribution in [1.29, 1.82) is 0 Å². The molecule has 0 N–H and O–H groups in total. The summed E-state index contributed by atoms with van der Waals surface area (Å²) in [6, 6.07) is 6.69. The van der Waals surface area contributed by atoms with Gasteiger partial charge < -0.3 is 14.5 Å². The van der Waals surface area contributed by atoms with Gasteiger partial charge in [0, 0.05) is 39.3 Å². The first kappa shape index (κ1) is 19.3. The Labute approximate surface area is 156 Å². The second-order valence-corrected chi connectivity index (χ2v) is 7.63. The van der Waals surface area contributed by atoms with Crippen molar-refractivity contribution in [2.75, 3.05) is 33.3 Å². The quantitative estimate of drug-likeness (QED) is 0.806. The Kier molecular flexibility index (Phi) is 7.03. The molecule has 0 spiro atoms. The standard InChI is InChI=1S/C21H31FN2O2/c1-26-20-9-12-23(13-10-20)16-19-8-3-2-4-11-24(19)21(25)15-17-6-5-7-18(22)14-17/h5-7,14,19-20H,2-4,8-13,15-16H2,1H3. The molecule has 2 aliphatic heterocycles. The summed E-state index contributed by atoms with van der Waals surface area (Å²) in [7, 11) is 1.79. The molecule has 1 amide bonds. The van der Waals surface area contributed by atoms with Gasteiger partial charge in [-0.3, -0.25) is 4.79 Å². The number of piperidine rings is 1. The molecule has 2 heterocycles. The summed E-state index contributed by atoms with van der Waals surface area (Å²) in [5.41, 5.74) is 0.763. The summed E-state index contributed by atoms with van der Waals surface area (Å²) in [4.78, 5) is 17.5. The summed E-state index contributed by atoms with van der Waals surface area (Å²) in [5, 5.41) is 0. The second-order valence-electron chi connectivity index (χ2n) is 7.63. The molecule has 2 aliphatic rings. The molecule has 1 atom stereocenters. The molecule has 26 heavy (non-hydrogen) atoms. The predicted molar refractivity (Wildman–Crippen MR) is 101 cm³/mol. The lowest BCUT2D eigenvalue weighted by molar-refractivity contribution is -0.133. The van der Waals surface area contributed by atoms with Crippen molar-refractivity contribution in [1.82, 2.24) is 9.80 Å². The van der Waals surface area contributed by atoms with E-state index in [-0.39, 0.29) is 17.8 Å². The van der Waals surface area contributed by atoms with Crippen molar-refractivity contribution in [3.05, 3.63) is 35.6 Å². The van der Waals surface area contributed by atoms with Crippen LogP contribution in [-0.2, 0) is 16.0 Å². The summed E-state index contributed by atoms with van der Waals surface area (Å²) in [5.74, 6) is -0.141. The van der Waals surface area contributed by atoms with Gasteiger partial charge in [-0.1, -0.05) is 25.0 Å². The van der Waals surface area contributed by atoms with E-state index < -0.39 is 0 Å². The molecule has 1 aromatic rings. The molecule has 2 fully saturated rings. The molecule has 0 aliphatic carbocycles. The molecule has 0 radical (unpaired) electrons. The largest absolute Gasteiger partial charge is 0.381 e. The monoisotopic (exact) mass is 362 g/mol. The normalized spacial score (nSPS) is 23.0. The highest BCUT2D eigenvalue weighted by Crippen LogP contribution is 2.21. The van der Waals surface area contributed by atoms with Crippen LogP contribution in [-0.4, -0.2) is 61.1 Å². The average Bonchev–Trinajstić information content (AvgIpc) is 2.88. The average molecular weight is 362 g/mol. The van der Waals surface area contributed by atoms with E-state index in [0.29, 0.717) is 12.5 Å². The second kappa shape index (κ2) is 9.47. The Bertz CT molecular complexity index is 587. The van der Waals surface area contributed by atoms with E-state index in [2.05, 4.69) is 9.80 Å². The number of amides is 1. The van der Waals surface area contributed by atoms with Gasteiger partial charge in [0.1, 0.15) is 5.82 Å². The Hall–Kier alpha value is -1.46. The maximum Gasteiger partial charge on any atom is 0.227 e. The smallest absolute Gasteiger partial charge is 0.227 e. The van der Waals surface area contributed by atoms with E-state index in [1.807, 2.05) is 6.07 Å².